The van der Waals surface area contributed by atoms with Gasteiger partial charge in [0, 0.05) is 12.5 Å². The minimum atomic E-state index is -1.11. The molecule has 0 bridgehead atoms. The average Bonchev–Trinajstić information content (AvgIpc) is 2.93. The molecule has 3 N–H and O–H groups in total. The highest BCUT2D eigenvalue weighted by molar-refractivity contribution is 6.34. The highest BCUT2D eigenvalue weighted by Gasteiger charge is 2.39. The fourth-order valence-corrected chi connectivity index (χ4v) is 5.01. The minimum absolute atomic E-state index is 0.0693. The number of alkyl carbamates (subject to hydrolysis) is 1. The van der Waals surface area contributed by atoms with Crippen molar-refractivity contribution >= 4 is 35.2 Å². The van der Waals surface area contributed by atoms with Crippen LogP contribution < -0.4 is 10.6 Å². The molecule has 3 aromatic carbocycles. The fraction of sp³-hybridized carbons (Fsp3) is 0.382. The van der Waals surface area contributed by atoms with Crippen molar-refractivity contribution in [3.8, 4) is 5.75 Å². The molecule has 0 saturated heterocycles. The number of anilines is 1. The molecule has 0 aliphatic heterocycles. The Morgan fingerprint density at radius 3 is 2.23 bits per heavy atom. The van der Waals surface area contributed by atoms with Crippen LogP contribution in [-0.4, -0.2) is 45.6 Å². The number of aromatic hydroxyl groups is 1. The normalized spacial score (nSPS) is 13.4. The zero-order valence-corrected chi connectivity index (χ0v) is 26.7. The maximum atomic E-state index is 14.6. The number of phenols is 1. The quantitative estimate of drug-likeness (QED) is 0.228. The van der Waals surface area contributed by atoms with Crippen molar-refractivity contribution in [2.45, 2.75) is 85.0 Å². The van der Waals surface area contributed by atoms with Crippen LogP contribution >= 0.6 is 11.6 Å². The molecular weight excluding hydrogens is 566 g/mol. The van der Waals surface area contributed by atoms with E-state index < -0.39 is 41.6 Å². The van der Waals surface area contributed by atoms with Gasteiger partial charge in [-0.15, -0.1) is 0 Å². The summed E-state index contributed by atoms with van der Waals surface area (Å²) in [5, 5.41) is 16.3. The van der Waals surface area contributed by atoms with E-state index in [-0.39, 0.29) is 12.2 Å². The molecule has 0 saturated carbocycles. The van der Waals surface area contributed by atoms with Crippen molar-refractivity contribution in [2.75, 3.05) is 5.32 Å². The number of nitrogens with zero attached hydrogens (tertiary/aromatic N) is 1. The third-order valence-electron chi connectivity index (χ3n) is 7.13. The number of carbonyl (C=O) groups excluding carboxylic acids is 3. The standard InChI is InChI=1S/C34H42ClN3O5/c1-8-23(4)38(32(41)27(20-24-14-10-9-11-15-24)36-33(42)43-34(5,6)7)30(25-17-18-28(39)22(3)19-25)31(40)37-29-21(2)13-12-16-26(29)35/h9-19,23,27,30,39H,8,20H2,1-7H3,(H,36,42)(H,37,40). The van der Waals surface area contributed by atoms with Gasteiger partial charge in [0.2, 0.25) is 5.91 Å². The molecular formula is C34H42ClN3O5. The molecule has 0 aliphatic carbocycles. The summed E-state index contributed by atoms with van der Waals surface area (Å²) in [5.74, 6) is -0.865. The highest BCUT2D eigenvalue weighted by atomic mass is 35.5. The van der Waals surface area contributed by atoms with Gasteiger partial charge < -0.3 is 25.4 Å². The van der Waals surface area contributed by atoms with Crippen LogP contribution in [0.2, 0.25) is 5.02 Å². The lowest BCUT2D eigenvalue weighted by Gasteiger charge is -2.38. The Labute approximate surface area is 259 Å². The molecule has 9 heteroatoms. The zero-order valence-electron chi connectivity index (χ0n) is 25.9. The van der Waals surface area contributed by atoms with E-state index in [9.17, 15) is 19.5 Å². The SMILES string of the molecule is CCC(C)N(C(=O)C(Cc1ccccc1)NC(=O)OC(C)(C)C)C(C(=O)Nc1c(C)cccc1Cl)c1ccc(O)c(C)c1. The number of hydrogen-bond acceptors (Lipinski definition) is 5. The van der Waals surface area contributed by atoms with Gasteiger partial charge in [-0.1, -0.05) is 67.1 Å². The number of rotatable bonds is 10. The molecule has 43 heavy (non-hydrogen) atoms. The molecule has 3 amide bonds. The largest absolute Gasteiger partial charge is 0.508 e. The second-order valence-corrected chi connectivity index (χ2v) is 12.2. The molecule has 3 rings (SSSR count). The summed E-state index contributed by atoms with van der Waals surface area (Å²) in [6, 6.07) is 16.9. The summed E-state index contributed by atoms with van der Waals surface area (Å²) in [4.78, 5) is 43.3. The van der Waals surface area contributed by atoms with E-state index in [2.05, 4.69) is 10.6 Å². The Kier molecular flexibility index (Phi) is 11.2. The molecule has 3 aromatic rings. The first kappa shape index (κ1) is 33.5. The van der Waals surface area contributed by atoms with Gasteiger partial charge in [0.25, 0.3) is 5.91 Å². The molecule has 0 heterocycles. The molecule has 0 aliphatic rings. The predicted molar refractivity (Wildman–Crippen MR) is 170 cm³/mol. The zero-order chi connectivity index (χ0) is 31.9. The number of benzene rings is 3. The van der Waals surface area contributed by atoms with Gasteiger partial charge >= 0.3 is 6.09 Å². The molecule has 0 radical (unpaired) electrons. The van der Waals surface area contributed by atoms with Crippen LogP contribution in [0.1, 0.15) is 69.3 Å². The molecule has 0 aromatic heterocycles. The van der Waals surface area contributed by atoms with Crippen LogP contribution in [0, 0.1) is 13.8 Å². The van der Waals surface area contributed by atoms with Gasteiger partial charge in [-0.05, 0) is 88.4 Å². The Morgan fingerprint density at radius 1 is 0.977 bits per heavy atom. The first-order valence-electron chi connectivity index (χ1n) is 14.4. The van der Waals surface area contributed by atoms with E-state index in [1.54, 1.807) is 52.0 Å². The van der Waals surface area contributed by atoms with Crippen LogP contribution in [0.4, 0.5) is 10.5 Å². The van der Waals surface area contributed by atoms with Gasteiger partial charge in [-0.25, -0.2) is 4.79 Å². The van der Waals surface area contributed by atoms with Gasteiger partial charge in [0.05, 0.1) is 10.7 Å². The Morgan fingerprint density at radius 2 is 1.65 bits per heavy atom. The second kappa shape index (κ2) is 14.4. The minimum Gasteiger partial charge on any atom is -0.508 e. The summed E-state index contributed by atoms with van der Waals surface area (Å²) < 4.78 is 5.51. The maximum absolute atomic E-state index is 14.6. The number of ether oxygens (including phenoxy) is 1. The number of halogens is 1. The van der Waals surface area contributed by atoms with Crippen LogP contribution in [0.25, 0.3) is 0 Å². The summed E-state index contributed by atoms with van der Waals surface area (Å²) in [5.41, 5.74) is 2.31. The number of amides is 3. The van der Waals surface area contributed by atoms with Crippen LogP contribution in [-0.2, 0) is 20.7 Å². The van der Waals surface area contributed by atoms with Crippen molar-refractivity contribution in [3.63, 3.8) is 0 Å². The first-order valence-corrected chi connectivity index (χ1v) is 14.8. The maximum Gasteiger partial charge on any atom is 0.408 e. The Balaban J connectivity index is 2.14. The van der Waals surface area contributed by atoms with Crippen LogP contribution in [0.3, 0.4) is 0 Å². The van der Waals surface area contributed by atoms with E-state index in [4.69, 9.17) is 16.3 Å². The topological polar surface area (TPSA) is 108 Å². The second-order valence-electron chi connectivity index (χ2n) is 11.8. The van der Waals surface area contributed by atoms with Gasteiger partial charge in [-0.3, -0.25) is 9.59 Å². The Hall–Kier alpha value is -4.04. The van der Waals surface area contributed by atoms with Crippen molar-refractivity contribution in [3.05, 3.63) is 94.0 Å². The van der Waals surface area contributed by atoms with Gasteiger partial charge in [0.15, 0.2) is 0 Å². The number of carbonyl (C=O) groups is 3. The van der Waals surface area contributed by atoms with E-state index in [0.717, 1.165) is 11.1 Å². The van der Waals surface area contributed by atoms with Crippen molar-refractivity contribution < 1.29 is 24.2 Å². The van der Waals surface area contributed by atoms with Crippen molar-refractivity contribution in [1.29, 1.82) is 0 Å². The molecule has 3 atom stereocenters. The summed E-state index contributed by atoms with van der Waals surface area (Å²) in [6.07, 6.45) is -0.0280. The van der Waals surface area contributed by atoms with E-state index >= 15 is 0 Å². The predicted octanol–water partition coefficient (Wildman–Crippen LogP) is 7.11. The van der Waals surface area contributed by atoms with Gasteiger partial charge in [-0.2, -0.15) is 0 Å². The lowest BCUT2D eigenvalue weighted by atomic mass is 9.96. The molecule has 8 nitrogen and oxygen atoms in total. The number of aryl methyl sites for hydroxylation is 2. The van der Waals surface area contributed by atoms with E-state index in [0.29, 0.717) is 28.3 Å². The van der Waals surface area contributed by atoms with Crippen LogP contribution in [0.5, 0.6) is 5.75 Å². The summed E-state index contributed by atoms with van der Waals surface area (Å²) >= 11 is 6.46. The number of para-hydroxylation sites is 1. The molecule has 0 fully saturated rings. The first-order chi connectivity index (χ1) is 20.2. The fourth-order valence-electron chi connectivity index (χ4n) is 4.74. The molecule has 0 spiro atoms. The Bertz CT molecular complexity index is 1420. The number of nitrogens with one attached hydrogen (secondary N) is 2. The third kappa shape index (κ3) is 8.97. The monoisotopic (exact) mass is 607 g/mol. The molecule has 3 unspecified atom stereocenters. The lowest BCUT2D eigenvalue weighted by Crippen LogP contribution is -2.55. The summed E-state index contributed by atoms with van der Waals surface area (Å²) in [7, 11) is 0. The summed E-state index contributed by atoms with van der Waals surface area (Å²) in [6.45, 7) is 12.6. The third-order valence-corrected chi connectivity index (χ3v) is 7.44. The lowest BCUT2D eigenvalue weighted by molar-refractivity contribution is -0.143. The molecule has 230 valence electrons. The number of phenolic OH excluding ortho intramolecular Hbond substituents is 1. The van der Waals surface area contributed by atoms with E-state index in [1.165, 1.54) is 11.0 Å². The van der Waals surface area contributed by atoms with Gasteiger partial charge in [0.1, 0.15) is 23.4 Å². The highest BCUT2D eigenvalue weighted by Crippen LogP contribution is 2.32. The van der Waals surface area contributed by atoms with Crippen molar-refractivity contribution in [1.82, 2.24) is 10.2 Å². The number of hydrogen-bond donors (Lipinski definition) is 3. The van der Waals surface area contributed by atoms with Crippen LogP contribution in [0.15, 0.2) is 66.7 Å². The van der Waals surface area contributed by atoms with Crippen molar-refractivity contribution in [2.24, 2.45) is 0 Å². The average molecular weight is 608 g/mol. The smallest absolute Gasteiger partial charge is 0.408 e. The van der Waals surface area contributed by atoms with E-state index in [1.807, 2.05) is 57.2 Å².